The number of amides is 2. The Bertz CT molecular complexity index is 894. The number of piperidine rings is 1. The molecule has 33 heavy (non-hydrogen) atoms. The van der Waals surface area contributed by atoms with Crippen LogP contribution in [0.4, 0.5) is 17.6 Å². The first-order chi connectivity index (χ1) is 15.6. The summed E-state index contributed by atoms with van der Waals surface area (Å²) in [6.45, 7) is -0.296. The summed E-state index contributed by atoms with van der Waals surface area (Å²) in [6.07, 6.45) is -1.52. The maximum Gasteiger partial charge on any atom is 0.403 e. The molecule has 2 amide bonds. The van der Waals surface area contributed by atoms with Crippen molar-refractivity contribution in [3.05, 3.63) is 29.0 Å². The summed E-state index contributed by atoms with van der Waals surface area (Å²) in [5.41, 5.74) is 0. The lowest BCUT2D eigenvalue weighted by molar-refractivity contribution is -0.164. The van der Waals surface area contributed by atoms with E-state index in [9.17, 15) is 27.2 Å². The van der Waals surface area contributed by atoms with Gasteiger partial charge < -0.3 is 15.4 Å². The Hall–Kier alpha value is -2.07. The molecule has 2 bridgehead atoms. The van der Waals surface area contributed by atoms with Gasteiger partial charge in [0, 0.05) is 18.2 Å². The quantitative estimate of drug-likeness (QED) is 0.533. The van der Waals surface area contributed by atoms with Crippen LogP contribution in [0.1, 0.15) is 38.5 Å². The lowest BCUT2D eigenvalue weighted by atomic mass is 9.60. The van der Waals surface area contributed by atoms with Crippen LogP contribution in [0.15, 0.2) is 18.2 Å². The minimum absolute atomic E-state index is 0.0279. The van der Waals surface area contributed by atoms with Crippen LogP contribution in [0, 0.1) is 17.7 Å². The van der Waals surface area contributed by atoms with Crippen LogP contribution in [-0.2, 0) is 9.59 Å². The average Bonchev–Trinajstić information content (AvgIpc) is 2.73. The fraction of sp³-hybridized carbons (Fsp3) is 0.636. The highest BCUT2D eigenvalue weighted by Gasteiger charge is 2.48. The van der Waals surface area contributed by atoms with E-state index in [4.69, 9.17) is 16.3 Å². The number of benzene rings is 1. The number of carbonyl (C=O) groups excluding carboxylic acids is 2. The van der Waals surface area contributed by atoms with E-state index in [1.165, 1.54) is 12.1 Å². The first-order valence-corrected chi connectivity index (χ1v) is 11.5. The Labute approximate surface area is 193 Å². The van der Waals surface area contributed by atoms with Crippen molar-refractivity contribution < 1.29 is 31.9 Å². The Morgan fingerprint density at radius 3 is 2.45 bits per heavy atom. The molecule has 4 atom stereocenters. The first kappa shape index (κ1) is 24.1. The molecule has 0 radical (unpaired) electrons. The maximum atomic E-state index is 13.5. The standard InChI is InChI=1S/C22H26ClF4N3O3/c23-14-5-4-13(8-15(14)24)33-10-20(31)29-17-9-18(12-6-11(17)7-12)30-21(32)16-2-1-3-19(28-16)22(25,26)27/h4-5,8,11-12,16-19,28H,1-3,6-7,9-10H2,(H,29,31)(H,30,32)/t11?,12?,16?,17?,18-,19?/m0/s1. The van der Waals surface area contributed by atoms with E-state index in [-0.39, 0.29) is 47.7 Å². The van der Waals surface area contributed by atoms with Gasteiger partial charge in [-0.05, 0) is 62.5 Å². The maximum absolute atomic E-state index is 13.5. The molecule has 1 aromatic carbocycles. The molecule has 4 aliphatic rings. The summed E-state index contributed by atoms with van der Waals surface area (Å²) in [6, 6.07) is 0.996. The van der Waals surface area contributed by atoms with Gasteiger partial charge in [-0.15, -0.1) is 0 Å². The predicted molar refractivity (Wildman–Crippen MR) is 112 cm³/mol. The Kier molecular flexibility index (Phi) is 7.04. The average molecular weight is 492 g/mol. The minimum atomic E-state index is -4.37. The van der Waals surface area contributed by atoms with Crippen LogP contribution in [0.2, 0.25) is 5.02 Å². The van der Waals surface area contributed by atoms with Gasteiger partial charge in [-0.3, -0.25) is 14.9 Å². The van der Waals surface area contributed by atoms with E-state index in [1.807, 2.05) is 0 Å². The van der Waals surface area contributed by atoms with E-state index in [0.29, 0.717) is 25.2 Å². The van der Waals surface area contributed by atoms with E-state index in [1.54, 1.807) is 0 Å². The van der Waals surface area contributed by atoms with Gasteiger partial charge in [0.1, 0.15) is 17.6 Å². The van der Waals surface area contributed by atoms with Crippen LogP contribution >= 0.6 is 11.6 Å². The molecule has 6 nitrogen and oxygen atoms in total. The van der Waals surface area contributed by atoms with Crippen LogP contribution in [0.3, 0.4) is 0 Å². The molecule has 0 aromatic heterocycles. The highest BCUT2D eigenvalue weighted by molar-refractivity contribution is 6.30. The Morgan fingerprint density at radius 2 is 1.79 bits per heavy atom. The number of rotatable bonds is 6. The summed E-state index contributed by atoms with van der Waals surface area (Å²) in [7, 11) is 0. The normalized spacial score (nSPS) is 31.3. The molecule has 182 valence electrons. The van der Waals surface area contributed by atoms with E-state index < -0.39 is 30.0 Å². The molecule has 3 aliphatic carbocycles. The van der Waals surface area contributed by atoms with Crippen molar-refractivity contribution in [1.29, 1.82) is 0 Å². The predicted octanol–water partition coefficient (Wildman–Crippen LogP) is 3.33. The molecular formula is C22H26ClF4N3O3. The smallest absolute Gasteiger partial charge is 0.403 e. The number of hydrogen-bond donors (Lipinski definition) is 3. The van der Waals surface area contributed by atoms with Gasteiger partial charge >= 0.3 is 6.18 Å². The second-order valence-corrected chi connectivity index (χ2v) is 9.53. The van der Waals surface area contributed by atoms with E-state index in [2.05, 4.69) is 16.0 Å². The third-order valence-electron chi connectivity index (χ3n) is 6.89. The zero-order chi connectivity index (χ0) is 23.8. The number of hydrogen-bond acceptors (Lipinski definition) is 4. The van der Waals surface area contributed by atoms with Crippen LogP contribution < -0.4 is 20.7 Å². The summed E-state index contributed by atoms with van der Waals surface area (Å²) >= 11 is 5.63. The van der Waals surface area contributed by atoms with Crippen molar-refractivity contribution in [3.8, 4) is 5.75 Å². The molecule has 3 N–H and O–H groups in total. The molecule has 11 heteroatoms. The second kappa shape index (κ2) is 9.66. The minimum Gasteiger partial charge on any atom is -0.484 e. The summed E-state index contributed by atoms with van der Waals surface area (Å²) in [5, 5.41) is 8.22. The molecule has 4 fully saturated rings. The van der Waals surface area contributed by atoms with E-state index >= 15 is 0 Å². The van der Waals surface area contributed by atoms with Gasteiger partial charge in [0.15, 0.2) is 6.61 Å². The van der Waals surface area contributed by atoms with Crippen molar-refractivity contribution in [2.45, 2.75) is 68.9 Å². The largest absolute Gasteiger partial charge is 0.484 e. The second-order valence-electron chi connectivity index (χ2n) is 9.13. The van der Waals surface area contributed by atoms with Gasteiger partial charge in [0.2, 0.25) is 5.91 Å². The zero-order valence-electron chi connectivity index (χ0n) is 17.8. The molecular weight excluding hydrogens is 466 g/mol. The van der Waals surface area contributed by atoms with Crippen molar-refractivity contribution >= 4 is 23.4 Å². The molecule has 3 unspecified atom stereocenters. The summed E-state index contributed by atoms with van der Waals surface area (Å²) in [4.78, 5) is 25.0. The number of alkyl halides is 3. The molecule has 1 heterocycles. The highest BCUT2D eigenvalue weighted by Crippen LogP contribution is 2.46. The lowest BCUT2D eigenvalue weighted by Gasteiger charge is -2.51. The summed E-state index contributed by atoms with van der Waals surface area (Å²) in [5.74, 6) is -0.688. The zero-order valence-corrected chi connectivity index (χ0v) is 18.5. The topological polar surface area (TPSA) is 79.5 Å². The van der Waals surface area contributed by atoms with E-state index in [0.717, 1.165) is 18.9 Å². The summed E-state index contributed by atoms with van der Waals surface area (Å²) < 4.78 is 57.9. The number of ether oxygens (including phenoxy) is 1. The fourth-order valence-corrected chi connectivity index (χ4v) is 5.14. The number of carbonyl (C=O) groups is 2. The molecule has 3 saturated carbocycles. The highest BCUT2D eigenvalue weighted by atomic mass is 35.5. The first-order valence-electron chi connectivity index (χ1n) is 11.1. The van der Waals surface area contributed by atoms with Crippen LogP contribution in [0.5, 0.6) is 5.75 Å². The van der Waals surface area contributed by atoms with Gasteiger partial charge in [0.25, 0.3) is 5.91 Å². The lowest BCUT2D eigenvalue weighted by Crippen LogP contribution is -2.63. The third kappa shape index (κ3) is 5.71. The van der Waals surface area contributed by atoms with Crippen LogP contribution in [0.25, 0.3) is 0 Å². The number of halogens is 5. The van der Waals surface area contributed by atoms with Gasteiger partial charge in [0.05, 0.1) is 11.1 Å². The Morgan fingerprint density at radius 1 is 1.09 bits per heavy atom. The SMILES string of the molecule is O=C(COc1ccc(Cl)c(F)c1)NC1C[C@H](NC(=O)C2CCCC(C(F)(F)F)N2)C2CC1C2. The van der Waals surface area contributed by atoms with Crippen molar-refractivity contribution in [2.75, 3.05) is 6.61 Å². The fourth-order valence-electron chi connectivity index (χ4n) is 5.03. The Balaban J connectivity index is 1.26. The molecule has 1 aromatic rings. The number of nitrogens with one attached hydrogen (secondary N) is 3. The van der Waals surface area contributed by atoms with Crippen LogP contribution in [-0.4, -0.2) is 48.8 Å². The third-order valence-corrected chi connectivity index (χ3v) is 7.20. The molecule has 1 aliphatic heterocycles. The van der Waals surface area contributed by atoms with Crippen molar-refractivity contribution in [1.82, 2.24) is 16.0 Å². The van der Waals surface area contributed by atoms with Gasteiger partial charge in [-0.2, -0.15) is 13.2 Å². The molecule has 5 rings (SSSR count). The molecule has 0 spiro atoms. The van der Waals surface area contributed by atoms with Crippen molar-refractivity contribution in [3.63, 3.8) is 0 Å². The van der Waals surface area contributed by atoms with Gasteiger partial charge in [-0.25, -0.2) is 4.39 Å². The monoisotopic (exact) mass is 491 g/mol. The van der Waals surface area contributed by atoms with Gasteiger partial charge in [-0.1, -0.05) is 11.6 Å². The van der Waals surface area contributed by atoms with Crippen molar-refractivity contribution in [2.24, 2.45) is 11.8 Å². The number of fused-ring (bicyclic) bond motifs is 2. The molecule has 1 saturated heterocycles.